The van der Waals surface area contributed by atoms with Crippen LogP contribution in [0, 0.1) is 13.8 Å². The molecule has 1 unspecified atom stereocenters. The molecule has 6 heteroatoms. The van der Waals surface area contributed by atoms with Crippen LogP contribution in [0.25, 0.3) is 0 Å². The van der Waals surface area contributed by atoms with Gasteiger partial charge in [-0.1, -0.05) is 12.1 Å². The zero-order chi connectivity index (χ0) is 19.4. The monoisotopic (exact) mass is 362 g/mol. The maximum Gasteiger partial charge on any atom is 0.255 e. The largest absolute Gasteiger partial charge is 0.324 e. The van der Waals surface area contributed by atoms with Gasteiger partial charge in [0, 0.05) is 29.3 Å². The summed E-state index contributed by atoms with van der Waals surface area (Å²) in [5, 5.41) is 9.80. The highest BCUT2D eigenvalue weighted by molar-refractivity contribution is 6.05. The normalized spacial score (nSPS) is 11.7. The zero-order valence-corrected chi connectivity index (χ0v) is 15.6. The van der Waals surface area contributed by atoms with Crippen LogP contribution in [0.15, 0.2) is 60.9 Å². The molecule has 0 aliphatic carbocycles. The van der Waals surface area contributed by atoms with Crippen molar-refractivity contribution >= 4 is 23.2 Å². The average molecular weight is 362 g/mol. The number of carbonyl (C=O) groups excluding carboxylic acids is 2. The van der Waals surface area contributed by atoms with Gasteiger partial charge in [-0.15, -0.1) is 0 Å². The summed E-state index contributed by atoms with van der Waals surface area (Å²) in [6, 6.07) is 14.0. The minimum absolute atomic E-state index is 0.184. The fourth-order valence-electron chi connectivity index (χ4n) is 2.64. The van der Waals surface area contributed by atoms with Crippen LogP contribution < -0.4 is 10.6 Å². The number of amides is 2. The van der Waals surface area contributed by atoms with Gasteiger partial charge in [-0.05, 0) is 68.3 Å². The summed E-state index contributed by atoms with van der Waals surface area (Å²) in [5.41, 5.74) is 4.03. The van der Waals surface area contributed by atoms with Gasteiger partial charge in [0.15, 0.2) is 0 Å². The topological polar surface area (TPSA) is 76.0 Å². The lowest BCUT2D eigenvalue weighted by Gasteiger charge is -2.13. The molecule has 3 aromatic rings. The third-order valence-corrected chi connectivity index (χ3v) is 4.46. The van der Waals surface area contributed by atoms with Crippen LogP contribution in [-0.2, 0) is 4.79 Å². The van der Waals surface area contributed by atoms with Gasteiger partial charge in [0.2, 0.25) is 5.91 Å². The second-order valence-electron chi connectivity index (χ2n) is 6.49. The first kappa shape index (κ1) is 18.4. The van der Waals surface area contributed by atoms with Crippen molar-refractivity contribution in [3.05, 3.63) is 77.6 Å². The summed E-state index contributed by atoms with van der Waals surface area (Å²) in [4.78, 5) is 24.8. The van der Waals surface area contributed by atoms with Gasteiger partial charge < -0.3 is 10.6 Å². The fourth-order valence-corrected chi connectivity index (χ4v) is 2.64. The van der Waals surface area contributed by atoms with Gasteiger partial charge >= 0.3 is 0 Å². The molecule has 0 saturated heterocycles. The van der Waals surface area contributed by atoms with Crippen molar-refractivity contribution < 1.29 is 9.59 Å². The maximum absolute atomic E-state index is 12.5. The number of nitrogens with zero attached hydrogens (tertiary/aromatic N) is 2. The van der Waals surface area contributed by atoms with Crippen molar-refractivity contribution in [1.29, 1.82) is 0 Å². The van der Waals surface area contributed by atoms with Crippen LogP contribution in [0.1, 0.15) is 34.5 Å². The molecule has 0 aliphatic heterocycles. The van der Waals surface area contributed by atoms with E-state index in [-0.39, 0.29) is 11.8 Å². The first-order valence-electron chi connectivity index (χ1n) is 8.72. The van der Waals surface area contributed by atoms with E-state index in [2.05, 4.69) is 15.7 Å². The van der Waals surface area contributed by atoms with Crippen LogP contribution in [0.3, 0.4) is 0 Å². The second-order valence-corrected chi connectivity index (χ2v) is 6.49. The molecule has 2 N–H and O–H groups in total. The third kappa shape index (κ3) is 4.41. The molecular formula is C21H22N4O2. The number of hydrogen-bond donors (Lipinski definition) is 2. The summed E-state index contributed by atoms with van der Waals surface area (Å²) in [7, 11) is 0. The molecule has 0 fully saturated rings. The average Bonchev–Trinajstić information content (AvgIpc) is 3.18. The molecule has 138 valence electrons. The molecule has 0 saturated carbocycles. The summed E-state index contributed by atoms with van der Waals surface area (Å²) in [6.45, 7) is 5.75. The Hall–Kier alpha value is -3.41. The molecular weight excluding hydrogens is 340 g/mol. The van der Waals surface area contributed by atoms with Crippen molar-refractivity contribution in [2.24, 2.45) is 0 Å². The van der Waals surface area contributed by atoms with Crippen molar-refractivity contribution in [3.8, 4) is 0 Å². The van der Waals surface area contributed by atoms with E-state index < -0.39 is 6.04 Å². The zero-order valence-electron chi connectivity index (χ0n) is 15.6. The molecule has 27 heavy (non-hydrogen) atoms. The van der Waals surface area contributed by atoms with E-state index in [9.17, 15) is 9.59 Å². The predicted octanol–water partition coefficient (Wildman–Crippen LogP) is 3.95. The van der Waals surface area contributed by atoms with Gasteiger partial charge in [0.05, 0.1) is 0 Å². The van der Waals surface area contributed by atoms with Crippen molar-refractivity contribution in [2.45, 2.75) is 26.8 Å². The number of anilines is 2. The number of benzene rings is 2. The Labute approximate surface area is 158 Å². The lowest BCUT2D eigenvalue weighted by atomic mass is 10.1. The van der Waals surface area contributed by atoms with Crippen molar-refractivity contribution in [3.63, 3.8) is 0 Å². The van der Waals surface area contributed by atoms with E-state index in [0.717, 1.165) is 11.1 Å². The number of carbonyl (C=O) groups is 2. The minimum Gasteiger partial charge on any atom is -0.324 e. The minimum atomic E-state index is -0.436. The highest BCUT2D eigenvalue weighted by Gasteiger charge is 2.15. The SMILES string of the molecule is Cc1ccc(C(=O)Nc2cccc(NC(=O)C(C)n3cccn3)c2)cc1C. The molecule has 1 aromatic heterocycles. The Morgan fingerprint density at radius 1 is 0.963 bits per heavy atom. The number of aromatic nitrogens is 2. The van der Waals surface area contributed by atoms with Crippen LogP contribution in [0.2, 0.25) is 0 Å². The number of nitrogens with one attached hydrogen (secondary N) is 2. The summed E-state index contributed by atoms with van der Waals surface area (Å²) < 4.78 is 1.58. The standard InChI is InChI=1S/C21H22N4O2/c1-14-8-9-17(12-15(14)2)21(27)24-19-7-4-6-18(13-19)23-20(26)16(3)25-11-5-10-22-25/h4-13,16H,1-3H3,(H,23,26)(H,24,27). The number of rotatable bonds is 5. The lowest BCUT2D eigenvalue weighted by molar-refractivity contribution is -0.119. The molecule has 2 amide bonds. The van der Waals surface area contributed by atoms with E-state index >= 15 is 0 Å². The molecule has 0 aliphatic rings. The van der Waals surface area contributed by atoms with Gasteiger partial charge in [-0.3, -0.25) is 14.3 Å². The van der Waals surface area contributed by atoms with Crippen LogP contribution >= 0.6 is 0 Å². The summed E-state index contributed by atoms with van der Waals surface area (Å²) in [6.07, 6.45) is 3.37. The first-order valence-corrected chi connectivity index (χ1v) is 8.72. The van der Waals surface area contributed by atoms with Crippen molar-refractivity contribution in [1.82, 2.24) is 9.78 Å². The van der Waals surface area contributed by atoms with Gasteiger partial charge in [0.1, 0.15) is 6.04 Å². The van der Waals surface area contributed by atoms with Gasteiger partial charge in [-0.25, -0.2) is 0 Å². The molecule has 3 rings (SSSR count). The quantitative estimate of drug-likeness (QED) is 0.721. The predicted molar refractivity (Wildman–Crippen MR) is 106 cm³/mol. The smallest absolute Gasteiger partial charge is 0.255 e. The molecule has 0 spiro atoms. The second kappa shape index (κ2) is 7.86. The van der Waals surface area contributed by atoms with Gasteiger partial charge in [-0.2, -0.15) is 5.10 Å². The maximum atomic E-state index is 12.5. The number of aryl methyl sites for hydroxylation is 2. The highest BCUT2D eigenvalue weighted by atomic mass is 16.2. The summed E-state index contributed by atoms with van der Waals surface area (Å²) in [5.74, 6) is -0.372. The lowest BCUT2D eigenvalue weighted by Crippen LogP contribution is -2.24. The molecule has 1 atom stereocenters. The molecule has 1 heterocycles. The van der Waals surface area contributed by atoms with E-state index in [1.807, 2.05) is 26.0 Å². The summed E-state index contributed by atoms with van der Waals surface area (Å²) >= 11 is 0. The molecule has 0 bridgehead atoms. The Kier molecular flexibility index (Phi) is 5.35. The Bertz CT molecular complexity index is 964. The third-order valence-electron chi connectivity index (χ3n) is 4.46. The van der Waals surface area contributed by atoms with Crippen LogP contribution in [-0.4, -0.2) is 21.6 Å². The Morgan fingerprint density at radius 3 is 2.37 bits per heavy atom. The molecule has 6 nitrogen and oxygen atoms in total. The Morgan fingerprint density at radius 2 is 1.70 bits per heavy atom. The highest BCUT2D eigenvalue weighted by Crippen LogP contribution is 2.18. The van der Waals surface area contributed by atoms with Gasteiger partial charge in [0.25, 0.3) is 5.91 Å². The van der Waals surface area contributed by atoms with Crippen LogP contribution in [0.4, 0.5) is 11.4 Å². The van der Waals surface area contributed by atoms with Crippen LogP contribution in [0.5, 0.6) is 0 Å². The van der Waals surface area contributed by atoms with E-state index in [1.54, 1.807) is 60.4 Å². The fraction of sp³-hybridized carbons (Fsp3) is 0.190. The molecule has 2 aromatic carbocycles. The first-order chi connectivity index (χ1) is 12.9. The molecule has 0 radical (unpaired) electrons. The van der Waals surface area contributed by atoms with Crippen molar-refractivity contribution in [2.75, 3.05) is 10.6 Å². The number of hydrogen-bond acceptors (Lipinski definition) is 3. The van der Waals surface area contributed by atoms with E-state index in [4.69, 9.17) is 0 Å². The van der Waals surface area contributed by atoms with E-state index in [1.165, 1.54) is 0 Å². The van der Waals surface area contributed by atoms with E-state index in [0.29, 0.717) is 16.9 Å². The Balaban J connectivity index is 1.69.